The largest absolute Gasteiger partial charge is 0.478 e. The number of rotatable bonds is 5. The molecule has 1 aliphatic rings. The number of aromatic carboxylic acids is 1. The zero-order chi connectivity index (χ0) is 17.2. The average molecular weight is 338 g/mol. The Morgan fingerprint density at radius 3 is 2.30 bits per heavy atom. The van der Waals surface area contributed by atoms with Crippen LogP contribution in [0.3, 0.4) is 0 Å². The molecule has 0 spiro atoms. The van der Waals surface area contributed by atoms with Crippen molar-refractivity contribution >= 4 is 15.8 Å². The van der Waals surface area contributed by atoms with E-state index in [9.17, 15) is 18.3 Å². The molecule has 4 nitrogen and oxygen atoms in total. The minimum absolute atomic E-state index is 0.125. The maximum Gasteiger partial charge on any atom is 0.336 e. The fourth-order valence-electron chi connectivity index (χ4n) is 3.67. The first-order valence-corrected chi connectivity index (χ1v) is 10.2. The summed E-state index contributed by atoms with van der Waals surface area (Å²) in [5.41, 5.74) is 1.44. The van der Waals surface area contributed by atoms with Crippen molar-refractivity contribution in [2.75, 3.05) is 6.26 Å². The van der Waals surface area contributed by atoms with Gasteiger partial charge >= 0.3 is 5.97 Å². The second kappa shape index (κ2) is 7.04. The van der Waals surface area contributed by atoms with Crippen LogP contribution in [0.4, 0.5) is 0 Å². The molecule has 5 heteroatoms. The van der Waals surface area contributed by atoms with Gasteiger partial charge in [0.2, 0.25) is 0 Å². The minimum Gasteiger partial charge on any atom is -0.478 e. The van der Waals surface area contributed by atoms with Crippen molar-refractivity contribution in [2.45, 2.75) is 63.2 Å². The second-order valence-corrected chi connectivity index (χ2v) is 8.75. The van der Waals surface area contributed by atoms with E-state index < -0.39 is 15.8 Å². The molecule has 0 saturated heterocycles. The quantitative estimate of drug-likeness (QED) is 0.879. The van der Waals surface area contributed by atoms with Crippen LogP contribution in [-0.2, 0) is 16.3 Å². The Balaban J connectivity index is 2.63. The van der Waals surface area contributed by atoms with E-state index >= 15 is 0 Å². The van der Waals surface area contributed by atoms with Crippen LogP contribution in [0.1, 0.15) is 73.4 Å². The van der Waals surface area contributed by atoms with Crippen LogP contribution in [0.15, 0.2) is 17.0 Å². The van der Waals surface area contributed by atoms with E-state index in [-0.39, 0.29) is 16.4 Å². The van der Waals surface area contributed by atoms with Crippen molar-refractivity contribution in [3.8, 4) is 0 Å². The van der Waals surface area contributed by atoms with Gasteiger partial charge in [-0.25, -0.2) is 13.2 Å². The van der Waals surface area contributed by atoms with Crippen molar-refractivity contribution in [1.29, 1.82) is 0 Å². The van der Waals surface area contributed by atoms with Crippen LogP contribution < -0.4 is 0 Å². The van der Waals surface area contributed by atoms with Crippen LogP contribution in [0.25, 0.3) is 0 Å². The molecular formula is C18H26O4S. The van der Waals surface area contributed by atoms with Crippen LogP contribution >= 0.6 is 0 Å². The van der Waals surface area contributed by atoms with Crippen LogP contribution in [0, 0.1) is 5.92 Å². The SMILES string of the molecule is CCCc1c(C(=O)O)ccc(C2CCC(C)CC2)c1S(C)(=O)=O. The number of benzene rings is 1. The Labute approximate surface area is 138 Å². The van der Waals surface area contributed by atoms with Gasteiger partial charge in [-0.1, -0.05) is 39.2 Å². The van der Waals surface area contributed by atoms with Gasteiger partial charge in [-0.15, -0.1) is 0 Å². The third kappa shape index (κ3) is 3.94. The molecule has 0 aliphatic heterocycles. The zero-order valence-electron chi connectivity index (χ0n) is 14.1. The lowest BCUT2D eigenvalue weighted by Gasteiger charge is -2.29. The minimum atomic E-state index is -3.47. The van der Waals surface area contributed by atoms with E-state index in [4.69, 9.17) is 0 Å². The normalized spacial score (nSPS) is 22.0. The van der Waals surface area contributed by atoms with Crippen molar-refractivity contribution in [3.63, 3.8) is 0 Å². The van der Waals surface area contributed by atoms with Gasteiger partial charge in [-0.05, 0) is 48.3 Å². The molecule has 0 unspecified atom stereocenters. The monoisotopic (exact) mass is 338 g/mol. The molecular weight excluding hydrogens is 312 g/mol. The molecule has 0 bridgehead atoms. The fourth-order valence-corrected chi connectivity index (χ4v) is 5.00. The molecule has 1 saturated carbocycles. The third-order valence-electron chi connectivity index (χ3n) is 4.85. The van der Waals surface area contributed by atoms with Gasteiger partial charge in [-0.3, -0.25) is 0 Å². The summed E-state index contributed by atoms with van der Waals surface area (Å²) >= 11 is 0. The first-order chi connectivity index (χ1) is 10.8. The van der Waals surface area contributed by atoms with Gasteiger partial charge in [0.05, 0.1) is 10.5 Å². The van der Waals surface area contributed by atoms with Crippen LogP contribution in [-0.4, -0.2) is 25.7 Å². The maximum absolute atomic E-state index is 12.4. The Bertz CT molecular complexity index is 683. The maximum atomic E-state index is 12.4. The molecule has 0 amide bonds. The number of carboxylic acids is 1. The highest BCUT2D eigenvalue weighted by Gasteiger charge is 2.29. The molecule has 1 aliphatic carbocycles. The molecule has 0 heterocycles. The van der Waals surface area contributed by atoms with Crippen LogP contribution in [0.5, 0.6) is 0 Å². The van der Waals surface area contributed by atoms with E-state index in [0.29, 0.717) is 24.3 Å². The first kappa shape index (κ1) is 18.0. The fraction of sp³-hybridized carbons (Fsp3) is 0.611. The predicted molar refractivity (Wildman–Crippen MR) is 90.9 cm³/mol. The lowest BCUT2D eigenvalue weighted by Crippen LogP contribution is -2.17. The number of carbonyl (C=O) groups is 1. The summed E-state index contributed by atoms with van der Waals surface area (Å²) in [6.07, 6.45) is 6.52. The first-order valence-electron chi connectivity index (χ1n) is 8.34. The highest BCUT2D eigenvalue weighted by Crippen LogP contribution is 2.40. The van der Waals surface area contributed by atoms with Gasteiger partial charge in [0.25, 0.3) is 0 Å². The van der Waals surface area contributed by atoms with E-state index in [1.165, 1.54) is 6.26 Å². The summed E-state index contributed by atoms with van der Waals surface area (Å²) in [4.78, 5) is 11.8. The van der Waals surface area contributed by atoms with Crippen molar-refractivity contribution in [3.05, 3.63) is 28.8 Å². The number of hydrogen-bond acceptors (Lipinski definition) is 3. The summed E-state index contributed by atoms with van der Waals surface area (Å²) in [7, 11) is -3.47. The van der Waals surface area contributed by atoms with Gasteiger partial charge in [-0.2, -0.15) is 0 Å². The lowest BCUT2D eigenvalue weighted by molar-refractivity contribution is 0.0695. The second-order valence-electron chi connectivity index (χ2n) is 6.79. The number of sulfone groups is 1. The molecule has 0 radical (unpaired) electrons. The van der Waals surface area contributed by atoms with E-state index in [2.05, 4.69) is 6.92 Å². The molecule has 0 aromatic heterocycles. The molecule has 1 aromatic carbocycles. The van der Waals surface area contributed by atoms with E-state index in [1.807, 2.05) is 6.92 Å². The van der Waals surface area contributed by atoms with Gasteiger partial charge in [0.1, 0.15) is 0 Å². The Morgan fingerprint density at radius 2 is 1.83 bits per heavy atom. The average Bonchev–Trinajstić information content (AvgIpc) is 2.46. The van der Waals surface area contributed by atoms with Gasteiger partial charge in [0, 0.05) is 6.26 Å². The summed E-state index contributed by atoms with van der Waals surface area (Å²) in [5.74, 6) is -0.155. The number of hydrogen-bond donors (Lipinski definition) is 1. The smallest absolute Gasteiger partial charge is 0.336 e. The summed E-state index contributed by atoms with van der Waals surface area (Å²) in [6, 6.07) is 3.33. The zero-order valence-corrected chi connectivity index (χ0v) is 14.9. The standard InChI is InChI=1S/C18H26O4S/c1-4-5-15-16(18(19)20)11-10-14(17(15)23(3,21)22)13-8-6-12(2)7-9-13/h10-13H,4-9H2,1-3H3,(H,19,20). The molecule has 128 valence electrons. The van der Waals surface area contributed by atoms with Gasteiger partial charge < -0.3 is 5.11 Å². The van der Waals surface area contributed by atoms with Crippen LogP contribution in [0.2, 0.25) is 0 Å². The summed E-state index contributed by atoms with van der Waals surface area (Å²) in [6.45, 7) is 4.16. The van der Waals surface area contributed by atoms with E-state index in [1.54, 1.807) is 12.1 Å². The molecule has 1 aromatic rings. The lowest BCUT2D eigenvalue weighted by atomic mass is 9.78. The Kier molecular flexibility index (Phi) is 5.50. The summed E-state index contributed by atoms with van der Waals surface area (Å²) < 4.78 is 24.9. The highest BCUT2D eigenvalue weighted by molar-refractivity contribution is 7.90. The van der Waals surface area contributed by atoms with E-state index in [0.717, 1.165) is 31.2 Å². The third-order valence-corrected chi connectivity index (χ3v) is 6.07. The molecule has 0 atom stereocenters. The Hall–Kier alpha value is -1.36. The van der Waals surface area contributed by atoms with Gasteiger partial charge in [0.15, 0.2) is 9.84 Å². The Morgan fingerprint density at radius 1 is 1.22 bits per heavy atom. The molecule has 1 N–H and O–H groups in total. The molecule has 1 fully saturated rings. The number of carboxylic acid groups (broad SMARTS) is 1. The highest BCUT2D eigenvalue weighted by atomic mass is 32.2. The van der Waals surface area contributed by atoms with Crippen molar-refractivity contribution in [2.24, 2.45) is 5.92 Å². The van der Waals surface area contributed by atoms with Crippen molar-refractivity contribution < 1.29 is 18.3 Å². The summed E-state index contributed by atoms with van der Waals surface area (Å²) in [5, 5.41) is 9.42. The van der Waals surface area contributed by atoms with Crippen molar-refractivity contribution in [1.82, 2.24) is 0 Å². The molecule has 2 rings (SSSR count). The topological polar surface area (TPSA) is 71.4 Å². The molecule has 23 heavy (non-hydrogen) atoms. The predicted octanol–water partition coefficient (Wildman–Crippen LogP) is 4.03.